The number of fused-ring (bicyclic) bond motifs is 1. The molecule has 2 aromatic rings. The molecule has 0 amide bonds. The summed E-state index contributed by atoms with van der Waals surface area (Å²) >= 11 is 0. The van der Waals surface area contributed by atoms with Gasteiger partial charge in [0.2, 0.25) is 0 Å². The number of hydrogen-bond donors (Lipinski definition) is 3. The lowest BCUT2D eigenvalue weighted by Crippen LogP contribution is -2.12. The topological polar surface area (TPSA) is 80.8 Å². The molecule has 0 fully saturated rings. The SMILES string of the molecule is C=C(C)NCC#Cc1cn(CNC)c2ncnc(N)c12. The normalized spacial score (nSPS) is 10.1. The molecule has 6 nitrogen and oxygen atoms in total. The van der Waals surface area contributed by atoms with E-state index in [9.17, 15) is 0 Å². The van der Waals surface area contributed by atoms with Gasteiger partial charge in [0.05, 0.1) is 24.2 Å². The van der Waals surface area contributed by atoms with Crippen molar-refractivity contribution < 1.29 is 0 Å². The van der Waals surface area contributed by atoms with E-state index in [-0.39, 0.29) is 0 Å². The number of nitrogens with one attached hydrogen (secondary N) is 2. The van der Waals surface area contributed by atoms with Crippen molar-refractivity contribution >= 4 is 16.9 Å². The highest BCUT2D eigenvalue weighted by Crippen LogP contribution is 2.22. The Morgan fingerprint density at radius 1 is 1.50 bits per heavy atom. The summed E-state index contributed by atoms with van der Waals surface area (Å²) in [4.78, 5) is 8.31. The summed E-state index contributed by atoms with van der Waals surface area (Å²) in [5.74, 6) is 6.59. The third-order valence-electron chi connectivity index (χ3n) is 2.71. The molecule has 0 aliphatic rings. The molecule has 0 saturated carbocycles. The number of allylic oxidation sites excluding steroid dienone is 1. The number of rotatable bonds is 4. The summed E-state index contributed by atoms with van der Waals surface area (Å²) in [5.41, 5.74) is 8.44. The maximum absolute atomic E-state index is 5.94. The van der Waals surface area contributed by atoms with Crippen LogP contribution in [0.4, 0.5) is 5.82 Å². The van der Waals surface area contributed by atoms with E-state index >= 15 is 0 Å². The summed E-state index contributed by atoms with van der Waals surface area (Å²) in [6.45, 7) is 6.84. The molecule has 0 spiro atoms. The van der Waals surface area contributed by atoms with Crippen LogP contribution in [0.25, 0.3) is 11.0 Å². The molecule has 0 atom stereocenters. The summed E-state index contributed by atoms with van der Waals surface area (Å²) in [7, 11) is 1.87. The Bertz CT molecular complexity index is 689. The molecule has 104 valence electrons. The minimum absolute atomic E-state index is 0.446. The van der Waals surface area contributed by atoms with Crippen LogP contribution in [-0.4, -0.2) is 28.1 Å². The molecular formula is C14H18N6. The first-order valence-corrected chi connectivity index (χ1v) is 6.25. The van der Waals surface area contributed by atoms with E-state index in [1.165, 1.54) is 6.33 Å². The lowest BCUT2D eigenvalue weighted by Gasteiger charge is -2.02. The molecule has 0 aliphatic carbocycles. The second kappa shape index (κ2) is 6.08. The van der Waals surface area contributed by atoms with Gasteiger partial charge in [-0.1, -0.05) is 18.4 Å². The zero-order chi connectivity index (χ0) is 14.5. The fourth-order valence-electron chi connectivity index (χ4n) is 1.87. The van der Waals surface area contributed by atoms with Crippen LogP contribution < -0.4 is 16.4 Å². The summed E-state index contributed by atoms with van der Waals surface area (Å²) in [6, 6.07) is 0. The maximum atomic E-state index is 5.94. The fourth-order valence-corrected chi connectivity index (χ4v) is 1.87. The minimum Gasteiger partial charge on any atom is -0.383 e. The lowest BCUT2D eigenvalue weighted by molar-refractivity contribution is 0.632. The quantitative estimate of drug-likeness (QED) is 0.711. The highest BCUT2D eigenvalue weighted by molar-refractivity contribution is 5.92. The van der Waals surface area contributed by atoms with Crippen LogP contribution in [-0.2, 0) is 6.67 Å². The molecule has 6 heteroatoms. The highest BCUT2D eigenvalue weighted by Gasteiger charge is 2.11. The van der Waals surface area contributed by atoms with Crippen LogP contribution in [0.15, 0.2) is 24.8 Å². The van der Waals surface area contributed by atoms with Gasteiger partial charge in [-0.25, -0.2) is 9.97 Å². The molecule has 2 rings (SSSR count). The zero-order valence-corrected chi connectivity index (χ0v) is 11.7. The van der Waals surface area contributed by atoms with Gasteiger partial charge < -0.3 is 20.9 Å². The van der Waals surface area contributed by atoms with Crippen LogP contribution in [0.2, 0.25) is 0 Å². The van der Waals surface area contributed by atoms with Crippen molar-refractivity contribution in [2.45, 2.75) is 13.6 Å². The molecular weight excluding hydrogens is 252 g/mol. The van der Waals surface area contributed by atoms with Crippen molar-refractivity contribution in [1.29, 1.82) is 0 Å². The van der Waals surface area contributed by atoms with Gasteiger partial charge in [0.25, 0.3) is 0 Å². The van der Waals surface area contributed by atoms with Crippen LogP contribution in [0.5, 0.6) is 0 Å². The standard InChI is InChI=1S/C14H18N6/c1-10(2)17-6-4-5-11-7-20(9-16-3)14-12(11)13(15)18-8-19-14/h7-8,16-17H,1,6,9H2,2-3H3,(H2,15,18,19). The van der Waals surface area contributed by atoms with Crippen molar-refractivity contribution in [2.24, 2.45) is 0 Å². The smallest absolute Gasteiger partial charge is 0.147 e. The Morgan fingerprint density at radius 2 is 2.30 bits per heavy atom. The van der Waals surface area contributed by atoms with Crippen molar-refractivity contribution in [3.63, 3.8) is 0 Å². The van der Waals surface area contributed by atoms with E-state index < -0.39 is 0 Å². The molecule has 2 heterocycles. The molecule has 0 saturated heterocycles. The average Bonchev–Trinajstić information content (AvgIpc) is 2.75. The van der Waals surface area contributed by atoms with E-state index in [0.717, 1.165) is 22.3 Å². The number of nitrogens with two attached hydrogens (primary N) is 1. The molecule has 0 aromatic carbocycles. The molecule has 0 aliphatic heterocycles. The van der Waals surface area contributed by atoms with Crippen LogP contribution in [0.1, 0.15) is 12.5 Å². The molecule has 4 N–H and O–H groups in total. The summed E-state index contributed by atoms with van der Waals surface area (Å²) < 4.78 is 1.96. The Hall–Kier alpha value is -2.52. The van der Waals surface area contributed by atoms with Gasteiger partial charge in [-0.3, -0.25) is 0 Å². The monoisotopic (exact) mass is 270 g/mol. The van der Waals surface area contributed by atoms with Crippen molar-refractivity contribution in [3.8, 4) is 11.8 Å². The van der Waals surface area contributed by atoms with Gasteiger partial charge in [0.1, 0.15) is 17.8 Å². The first kappa shape index (κ1) is 13.9. The Labute approximate surface area is 118 Å². The lowest BCUT2D eigenvalue weighted by atomic mass is 10.2. The predicted molar refractivity (Wildman–Crippen MR) is 80.7 cm³/mol. The maximum Gasteiger partial charge on any atom is 0.147 e. The molecule has 0 unspecified atom stereocenters. The third-order valence-corrected chi connectivity index (χ3v) is 2.71. The molecule has 20 heavy (non-hydrogen) atoms. The first-order chi connectivity index (χ1) is 9.63. The second-order valence-corrected chi connectivity index (χ2v) is 4.42. The Morgan fingerprint density at radius 3 is 3.00 bits per heavy atom. The summed E-state index contributed by atoms with van der Waals surface area (Å²) in [6.07, 6.45) is 3.39. The zero-order valence-electron chi connectivity index (χ0n) is 11.7. The van der Waals surface area contributed by atoms with Gasteiger partial charge >= 0.3 is 0 Å². The van der Waals surface area contributed by atoms with Crippen molar-refractivity contribution in [1.82, 2.24) is 25.2 Å². The van der Waals surface area contributed by atoms with Crippen molar-refractivity contribution in [3.05, 3.63) is 30.4 Å². The van der Waals surface area contributed by atoms with Crippen LogP contribution >= 0.6 is 0 Å². The van der Waals surface area contributed by atoms with Gasteiger partial charge in [0.15, 0.2) is 0 Å². The van der Waals surface area contributed by atoms with E-state index in [1.54, 1.807) is 0 Å². The average molecular weight is 270 g/mol. The largest absolute Gasteiger partial charge is 0.383 e. The number of hydrogen-bond acceptors (Lipinski definition) is 5. The van der Waals surface area contributed by atoms with Gasteiger partial charge in [-0.2, -0.15) is 0 Å². The van der Waals surface area contributed by atoms with Crippen LogP contribution in [0, 0.1) is 11.8 Å². The van der Waals surface area contributed by atoms with Gasteiger partial charge in [-0.05, 0) is 14.0 Å². The predicted octanol–water partition coefficient (Wildman–Crippen LogP) is 0.665. The number of nitrogens with zero attached hydrogens (tertiary/aromatic N) is 3. The third kappa shape index (κ3) is 2.90. The number of aromatic nitrogens is 3. The van der Waals surface area contributed by atoms with E-state index in [0.29, 0.717) is 19.0 Å². The van der Waals surface area contributed by atoms with E-state index in [2.05, 4.69) is 39.0 Å². The first-order valence-electron chi connectivity index (χ1n) is 6.25. The number of anilines is 1. The molecule has 0 radical (unpaired) electrons. The molecule has 2 aromatic heterocycles. The van der Waals surface area contributed by atoms with Gasteiger partial charge in [0, 0.05) is 11.9 Å². The van der Waals surface area contributed by atoms with E-state index in [4.69, 9.17) is 5.73 Å². The molecule has 0 bridgehead atoms. The van der Waals surface area contributed by atoms with Crippen molar-refractivity contribution in [2.75, 3.05) is 19.3 Å². The highest BCUT2D eigenvalue weighted by atomic mass is 15.1. The number of nitrogen functional groups attached to an aromatic ring is 1. The Kier molecular flexibility index (Phi) is 4.23. The van der Waals surface area contributed by atoms with Crippen LogP contribution in [0.3, 0.4) is 0 Å². The summed E-state index contributed by atoms with van der Waals surface area (Å²) in [5, 5.41) is 6.94. The fraction of sp³-hybridized carbons (Fsp3) is 0.286. The van der Waals surface area contributed by atoms with E-state index in [1.807, 2.05) is 24.7 Å². The second-order valence-electron chi connectivity index (χ2n) is 4.42. The minimum atomic E-state index is 0.446. The Balaban J connectivity index is 2.39. The van der Waals surface area contributed by atoms with Gasteiger partial charge in [-0.15, -0.1) is 0 Å².